The molecule has 1 aliphatic carbocycles. The molecule has 2 heterocycles. The molecular formula is C20H17FN6O2. The Balaban J connectivity index is 1.28. The summed E-state index contributed by atoms with van der Waals surface area (Å²) >= 11 is 0. The number of rotatable bonds is 5. The van der Waals surface area contributed by atoms with Crippen molar-refractivity contribution >= 4 is 17.3 Å². The molecule has 8 nitrogen and oxygen atoms in total. The van der Waals surface area contributed by atoms with Gasteiger partial charge in [-0.3, -0.25) is 4.79 Å². The Bertz CT molecular complexity index is 1110. The first kappa shape index (κ1) is 17.5. The number of amides is 1. The largest absolute Gasteiger partial charge is 0.382 e. The number of anilines is 1. The highest BCUT2D eigenvalue weighted by Gasteiger charge is 2.30. The third kappa shape index (κ3) is 3.58. The zero-order chi connectivity index (χ0) is 19.8. The zero-order valence-corrected chi connectivity index (χ0v) is 15.3. The van der Waals surface area contributed by atoms with Crippen LogP contribution in [-0.2, 0) is 9.63 Å². The van der Waals surface area contributed by atoms with E-state index < -0.39 is 6.10 Å². The smallest absolute Gasteiger partial charge is 0.268 e. The molecular weight excluding hydrogens is 375 g/mol. The van der Waals surface area contributed by atoms with Crippen LogP contribution < -0.4 is 5.32 Å². The minimum atomic E-state index is -0.770. The van der Waals surface area contributed by atoms with Crippen LogP contribution in [0.3, 0.4) is 0 Å². The normalized spacial score (nSPS) is 18.2. The van der Waals surface area contributed by atoms with Crippen molar-refractivity contribution in [2.75, 3.05) is 5.32 Å². The van der Waals surface area contributed by atoms with Crippen LogP contribution in [0, 0.1) is 5.82 Å². The van der Waals surface area contributed by atoms with E-state index in [9.17, 15) is 9.18 Å². The van der Waals surface area contributed by atoms with E-state index in [1.165, 1.54) is 12.1 Å². The van der Waals surface area contributed by atoms with Crippen LogP contribution in [0.15, 0.2) is 53.7 Å². The van der Waals surface area contributed by atoms with E-state index in [1.54, 1.807) is 18.2 Å². The van der Waals surface area contributed by atoms with Gasteiger partial charge in [0.25, 0.3) is 5.91 Å². The van der Waals surface area contributed by atoms with Gasteiger partial charge >= 0.3 is 0 Å². The number of nitrogens with zero attached hydrogens (tertiary/aromatic N) is 5. The topological polar surface area (TPSA) is 94.3 Å². The fourth-order valence-electron chi connectivity index (χ4n) is 3.26. The first-order chi connectivity index (χ1) is 14.2. The van der Waals surface area contributed by atoms with Crippen molar-refractivity contribution in [1.29, 1.82) is 0 Å². The van der Waals surface area contributed by atoms with E-state index in [1.807, 2.05) is 22.9 Å². The summed E-state index contributed by atoms with van der Waals surface area (Å²) in [5.74, 6) is -0.0000174. The quantitative estimate of drug-likeness (QED) is 0.720. The lowest BCUT2D eigenvalue weighted by Gasteiger charge is -2.10. The second-order valence-corrected chi connectivity index (χ2v) is 7.09. The van der Waals surface area contributed by atoms with Crippen LogP contribution >= 0.6 is 0 Å². The number of aromatic nitrogens is 4. The molecule has 1 amide bonds. The molecule has 1 atom stereocenters. The Morgan fingerprint density at radius 3 is 2.79 bits per heavy atom. The second kappa shape index (κ2) is 7.08. The minimum absolute atomic E-state index is 0.273. The number of benzene rings is 2. The standard InChI is InChI=1S/C20H17FN6O2/c21-14-5-1-3-12(9-14)17-11-18(29-24-17)20(28)22-15-6-2-4-13(10-15)19-23-25-26-27(19)16-7-8-16/h1-6,9-10,16,18H,7-8,11H2,(H,22,28)/t18-/m1/s1. The third-order valence-corrected chi connectivity index (χ3v) is 4.89. The van der Waals surface area contributed by atoms with Gasteiger partial charge in [-0.05, 0) is 47.5 Å². The number of nitrogens with one attached hydrogen (secondary N) is 1. The summed E-state index contributed by atoms with van der Waals surface area (Å²) in [6.45, 7) is 0. The summed E-state index contributed by atoms with van der Waals surface area (Å²) in [6.07, 6.45) is 1.64. The number of hydrogen-bond acceptors (Lipinski definition) is 6. The van der Waals surface area contributed by atoms with Gasteiger partial charge in [0.15, 0.2) is 5.82 Å². The van der Waals surface area contributed by atoms with Gasteiger partial charge in [-0.15, -0.1) is 5.10 Å². The molecule has 146 valence electrons. The van der Waals surface area contributed by atoms with Crippen molar-refractivity contribution in [3.05, 3.63) is 59.9 Å². The summed E-state index contributed by atoms with van der Waals surface area (Å²) in [4.78, 5) is 17.9. The summed E-state index contributed by atoms with van der Waals surface area (Å²) in [6, 6.07) is 13.8. The molecule has 5 rings (SSSR count). The van der Waals surface area contributed by atoms with Gasteiger partial charge in [0.05, 0.1) is 11.8 Å². The molecule has 3 aromatic rings. The molecule has 9 heteroatoms. The van der Waals surface area contributed by atoms with Crippen molar-refractivity contribution in [2.45, 2.75) is 31.4 Å². The molecule has 0 saturated heterocycles. The fraction of sp³-hybridized carbons (Fsp3) is 0.250. The molecule has 0 bridgehead atoms. The van der Waals surface area contributed by atoms with Crippen molar-refractivity contribution in [1.82, 2.24) is 20.2 Å². The van der Waals surface area contributed by atoms with Gasteiger partial charge in [0, 0.05) is 23.2 Å². The highest BCUT2D eigenvalue weighted by atomic mass is 19.1. The highest BCUT2D eigenvalue weighted by Crippen LogP contribution is 2.36. The van der Waals surface area contributed by atoms with E-state index in [0.29, 0.717) is 28.8 Å². The molecule has 1 N–H and O–H groups in total. The third-order valence-electron chi connectivity index (χ3n) is 4.89. The van der Waals surface area contributed by atoms with Gasteiger partial charge in [0.1, 0.15) is 5.82 Å². The van der Waals surface area contributed by atoms with Crippen LogP contribution in [0.25, 0.3) is 11.4 Å². The lowest BCUT2D eigenvalue weighted by Crippen LogP contribution is -2.28. The summed E-state index contributed by atoms with van der Waals surface area (Å²) < 4.78 is 15.2. The van der Waals surface area contributed by atoms with E-state index in [2.05, 4.69) is 26.0 Å². The number of halogens is 1. The van der Waals surface area contributed by atoms with Gasteiger partial charge in [-0.2, -0.15) is 0 Å². The van der Waals surface area contributed by atoms with Gasteiger partial charge < -0.3 is 10.2 Å². The lowest BCUT2D eigenvalue weighted by molar-refractivity contribution is -0.125. The Hall–Kier alpha value is -3.62. The van der Waals surface area contributed by atoms with Crippen LogP contribution in [0.2, 0.25) is 0 Å². The Morgan fingerprint density at radius 1 is 1.14 bits per heavy atom. The molecule has 29 heavy (non-hydrogen) atoms. The van der Waals surface area contributed by atoms with Crippen LogP contribution in [0.4, 0.5) is 10.1 Å². The predicted molar refractivity (Wildman–Crippen MR) is 103 cm³/mol. The Labute approximate surface area is 165 Å². The number of carbonyl (C=O) groups excluding carboxylic acids is 1. The average molecular weight is 392 g/mol. The van der Waals surface area contributed by atoms with Crippen molar-refractivity contribution < 1.29 is 14.0 Å². The molecule has 0 radical (unpaired) electrons. The SMILES string of the molecule is O=C(Nc1cccc(-c2nnnn2C2CC2)c1)[C@H]1CC(c2cccc(F)c2)=NO1. The summed E-state index contributed by atoms with van der Waals surface area (Å²) in [5, 5.41) is 18.7. The monoisotopic (exact) mass is 392 g/mol. The molecule has 1 aliphatic heterocycles. The summed E-state index contributed by atoms with van der Waals surface area (Å²) in [7, 11) is 0. The van der Waals surface area contributed by atoms with Crippen LogP contribution in [-0.4, -0.2) is 37.9 Å². The van der Waals surface area contributed by atoms with Gasteiger partial charge in [-0.1, -0.05) is 29.4 Å². The van der Waals surface area contributed by atoms with E-state index >= 15 is 0 Å². The maximum Gasteiger partial charge on any atom is 0.268 e. The number of oxime groups is 1. The Morgan fingerprint density at radius 2 is 1.97 bits per heavy atom. The molecule has 1 fully saturated rings. The van der Waals surface area contributed by atoms with Crippen LogP contribution in [0.5, 0.6) is 0 Å². The molecule has 0 unspecified atom stereocenters. The Kier molecular flexibility index (Phi) is 4.27. The van der Waals surface area contributed by atoms with E-state index in [0.717, 1.165) is 18.4 Å². The first-order valence-electron chi connectivity index (χ1n) is 9.35. The molecule has 2 aromatic carbocycles. The van der Waals surface area contributed by atoms with Gasteiger partial charge in [-0.25, -0.2) is 9.07 Å². The number of hydrogen-bond donors (Lipinski definition) is 1. The highest BCUT2D eigenvalue weighted by molar-refractivity contribution is 6.06. The van der Waals surface area contributed by atoms with E-state index in [-0.39, 0.29) is 18.1 Å². The van der Waals surface area contributed by atoms with Crippen molar-refractivity contribution in [3.63, 3.8) is 0 Å². The zero-order valence-electron chi connectivity index (χ0n) is 15.3. The minimum Gasteiger partial charge on any atom is -0.382 e. The maximum absolute atomic E-state index is 13.4. The number of tetrazole rings is 1. The lowest BCUT2D eigenvalue weighted by atomic mass is 10.0. The second-order valence-electron chi connectivity index (χ2n) is 7.09. The van der Waals surface area contributed by atoms with E-state index in [4.69, 9.17) is 4.84 Å². The van der Waals surface area contributed by atoms with Crippen LogP contribution in [0.1, 0.15) is 30.9 Å². The van der Waals surface area contributed by atoms with Gasteiger partial charge in [0.2, 0.25) is 6.10 Å². The average Bonchev–Trinajstić information content (AvgIpc) is 3.25. The number of carbonyl (C=O) groups is 1. The maximum atomic E-state index is 13.4. The molecule has 1 saturated carbocycles. The van der Waals surface area contributed by atoms with Crippen molar-refractivity contribution in [3.8, 4) is 11.4 Å². The molecule has 1 aromatic heterocycles. The van der Waals surface area contributed by atoms with Crippen molar-refractivity contribution in [2.24, 2.45) is 5.16 Å². The molecule has 2 aliphatic rings. The summed E-state index contributed by atoms with van der Waals surface area (Å²) in [5.41, 5.74) is 2.58. The first-order valence-corrected chi connectivity index (χ1v) is 9.35. The molecule has 0 spiro atoms. The predicted octanol–water partition coefficient (Wildman–Crippen LogP) is 2.95. The fourth-order valence-corrected chi connectivity index (χ4v) is 3.26.